The summed E-state index contributed by atoms with van der Waals surface area (Å²) in [5, 5.41) is 11.0. The summed E-state index contributed by atoms with van der Waals surface area (Å²) < 4.78 is 4.95. The van der Waals surface area contributed by atoms with Gasteiger partial charge in [0.15, 0.2) is 0 Å². The van der Waals surface area contributed by atoms with Gasteiger partial charge < -0.3 is 24.5 Å². The zero-order valence-corrected chi connectivity index (χ0v) is 22.5. The quantitative estimate of drug-likeness (QED) is 0.492. The van der Waals surface area contributed by atoms with Crippen molar-refractivity contribution in [2.24, 2.45) is 0 Å². The van der Waals surface area contributed by atoms with E-state index in [1.54, 1.807) is 13.4 Å². The van der Waals surface area contributed by atoms with Crippen molar-refractivity contribution in [3.05, 3.63) is 37.2 Å². The maximum atomic E-state index is 9.94. The summed E-state index contributed by atoms with van der Waals surface area (Å²) in [5.74, 6) is 0. The summed E-state index contributed by atoms with van der Waals surface area (Å²) in [5.41, 5.74) is 4.07. The second kappa shape index (κ2) is 11.9. The van der Waals surface area contributed by atoms with Crippen LogP contribution < -0.4 is 4.90 Å². The van der Waals surface area contributed by atoms with Crippen LogP contribution >= 0.6 is 0 Å². The minimum absolute atomic E-state index is 0.328. The Balaban J connectivity index is 0.000000350. The number of pyridine rings is 1. The molecule has 0 spiro atoms. The first kappa shape index (κ1) is 26.3. The smallest absolute Gasteiger partial charge is 0.376 e. The minimum atomic E-state index is -0.803. The highest BCUT2D eigenvalue weighted by Gasteiger charge is 2.28. The van der Waals surface area contributed by atoms with Crippen LogP contribution in [0.1, 0.15) is 12.8 Å². The molecule has 0 saturated carbocycles. The predicted octanol–water partition coefficient (Wildman–Crippen LogP) is 4.00. The summed E-state index contributed by atoms with van der Waals surface area (Å²) in [4.78, 5) is 20.5. The summed E-state index contributed by atoms with van der Waals surface area (Å²) in [6, 6.07) is 3.69. The Morgan fingerprint density at radius 2 is 2.03 bits per heavy atom. The number of anilines is 1. The molecule has 4 heterocycles. The summed E-state index contributed by atoms with van der Waals surface area (Å²) in [6.45, 7) is 11.7. The number of likely N-dealkylation sites (N-methyl/N-ethyl adjacent to an activating group) is 1. The average molecular weight is 483 g/mol. The number of nitrogens with zero attached hydrogens (tertiary/aromatic N) is 5. The normalized spacial score (nSPS) is 16.5. The van der Waals surface area contributed by atoms with Crippen molar-refractivity contribution in [2.45, 2.75) is 51.4 Å². The Morgan fingerprint density at radius 1 is 1.29 bits per heavy atom. The number of hydrogen-bond acceptors (Lipinski definition) is 7. The third-order valence-electron chi connectivity index (χ3n) is 6.38. The van der Waals surface area contributed by atoms with Gasteiger partial charge in [-0.2, -0.15) is 0 Å². The average Bonchev–Trinajstić information content (AvgIpc) is 3.27. The number of rotatable bonds is 7. The molecule has 184 valence electrons. The van der Waals surface area contributed by atoms with Crippen molar-refractivity contribution in [1.82, 2.24) is 24.7 Å². The zero-order chi connectivity index (χ0) is 24.7. The van der Waals surface area contributed by atoms with Crippen LogP contribution in [0.15, 0.2) is 37.2 Å². The summed E-state index contributed by atoms with van der Waals surface area (Å²) >= 11 is 0. The molecule has 3 aromatic heterocycles. The molecule has 0 aliphatic carbocycles. The molecule has 0 radical (unpaired) electrons. The van der Waals surface area contributed by atoms with E-state index in [9.17, 15) is 5.02 Å². The zero-order valence-electron chi connectivity index (χ0n) is 21.5. The SMILES string of the molecule is CB(O)N(C)[C@@H]1CCCN(c2ccnc3[nH]cc(-c4cncnc4)c23)C1.COCC[Si](C)(C)C. The maximum absolute atomic E-state index is 9.94. The van der Waals surface area contributed by atoms with Gasteiger partial charge in [-0.25, -0.2) is 15.0 Å². The lowest BCUT2D eigenvalue weighted by Crippen LogP contribution is -2.51. The van der Waals surface area contributed by atoms with Crippen molar-refractivity contribution in [3.63, 3.8) is 0 Å². The van der Waals surface area contributed by atoms with Crippen LogP contribution in [0.2, 0.25) is 32.5 Å². The molecule has 4 rings (SSSR count). The van der Waals surface area contributed by atoms with E-state index in [4.69, 9.17) is 4.74 Å². The molecule has 10 heteroatoms. The number of aromatic nitrogens is 4. The van der Waals surface area contributed by atoms with E-state index < -0.39 is 15.1 Å². The molecule has 0 aromatic carbocycles. The Morgan fingerprint density at radius 3 is 2.65 bits per heavy atom. The third-order valence-corrected chi connectivity index (χ3v) is 8.09. The Hall–Kier alpha value is -2.27. The van der Waals surface area contributed by atoms with E-state index in [2.05, 4.69) is 50.5 Å². The van der Waals surface area contributed by atoms with E-state index >= 15 is 0 Å². The molecule has 1 atom stereocenters. The highest BCUT2D eigenvalue weighted by molar-refractivity contribution is 6.76. The van der Waals surface area contributed by atoms with Crippen LogP contribution in [0.5, 0.6) is 0 Å². The second-order valence-electron chi connectivity index (χ2n) is 10.2. The first-order valence-electron chi connectivity index (χ1n) is 12.1. The highest BCUT2D eigenvalue weighted by atomic mass is 28.3. The molecule has 0 unspecified atom stereocenters. The van der Waals surface area contributed by atoms with Crippen molar-refractivity contribution in [2.75, 3.05) is 38.8 Å². The van der Waals surface area contributed by atoms with Crippen LogP contribution in [-0.4, -0.2) is 84.8 Å². The molecule has 1 saturated heterocycles. The van der Waals surface area contributed by atoms with Crippen molar-refractivity contribution in [3.8, 4) is 11.1 Å². The number of ether oxygens (including phenoxy) is 1. The number of H-pyrrole nitrogens is 1. The molecule has 1 aliphatic heterocycles. The molecular formula is C24H39BN6O2Si. The lowest BCUT2D eigenvalue weighted by molar-refractivity contribution is 0.214. The number of methoxy groups -OCH3 is 1. The van der Waals surface area contributed by atoms with E-state index in [0.29, 0.717) is 6.04 Å². The van der Waals surface area contributed by atoms with Crippen LogP contribution in [0.3, 0.4) is 0 Å². The highest BCUT2D eigenvalue weighted by Crippen LogP contribution is 2.35. The van der Waals surface area contributed by atoms with Crippen LogP contribution in [-0.2, 0) is 4.74 Å². The van der Waals surface area contributed by atoms with Gasteiger partial charge >= 0.3 is 7.05 Å². The lowest BCUT2D eigenvalue weighted by atomic mass is 9.82. The third kappa shape index (κ3) is 6.88. The number of nitrogens with one attached hydrogen (secondary N) is 1. The second-order valence-corrected chi connectivity index (χ2v) is 15.8. The Labute approximate surface area is 204 Å². The van der Waals surface area contributed by atoms with E-state index in [-0.39, 0.29) is 0 Å². The largest absolute Gasteiger partial charge is 0.437 e. The van der Waals surface area contributed by atoms with Gasteiger partial charge in [-0.05, 0) is 38.8 Å². The molecule has 1 aliphatic rings. The fraction of sp³-hybridized carbons (Fsp3) is 0.542. The first-order valence-corrected chi connectivity index (χ1v) is 15.8. The fourth-order valence-electron chi connectivity index (χ4n) is 4.19. The van der Waals surface area contributed by atoms with Crippen molar-refractivity contribution in [1.29, 1.82) is 0 Å². The Bertz CT molecular complexity index is 1030. The maximum Gasteiger partial charge on any atom is 0.376 e. The van der Waals surface area contributed by atoms with E-state index in [0.717, 1.165) is 54.7 Å². The lowest BCUT2D eigenvalue weighted by Gasteiger charge is -2.39. The van der Waals surface area contributed by atoms with E-state index in [1.165, 1.54) is 11.7 Å². The van der Waals surface area contributed by atoms with Crippen LogP contribution in [0, 0.1) is 0 Å². The summed E-state index contributed by atoms with van der Waals surface area (Å²) in [6.07, 6.45) is 11.2. The van der Waals surface area contributed by atoms with Gasteiger partial charge in [-0.3, -0.25) is 0 Å². The van der Waals surface area contributed by atoms with Crippen molar-refractivity contribution < 1.29 is 9.76 Å². The molecule has 8 nitrogen and oxygen atoms in total. The molecule has 1 fully saturated rings. The predicted molar refractivity (Wildman–Crippen MR) is 144 cm³/mol. The van der Waals surface area contributed by atoms with Gasteiger partial charge in [0.2, 0.25) is 0 Å². The molecule has 34 heavy (non-hydrogen) atoms. The van der Waals surface area contributed by atoms with Gasteiger partial charge in [0, 0.05) is 82.5 Å². The van der Waals surface area contributed by atoms with Gasteiger partial charge in [-0.1, -0.05) is 19.6 Å². The minimum Gasteiger partial charge on any atom is -0.437 e. The van der Waals surface area contributed by atoms with Gasteiger partial charge in [0.25, 0.3) is 0 Å². The summed E-state index contributed by atoms with van der Waals surface area (Å²) in [7, 11) is 2.51. The topological polar surface area (TPSA) is 90.4 Å². The first-order chi connectivity index (χ1) is 16.2. The molecule has 0 bridgehead atoms. The van der Waals surface area contributed by atoms with Gasteiger partial charge in [0.1, 0.15) is 12.0 Å². The molecule has 0 amide bonds. The Kier molecular flexibility index (Phi) is 9.24. The van der Waals surface area contributed by atoms with Crippen LogP contribution in [0.4, 0.5) is 5.69 Å². The monoisotopic (exact) mass is 482 g/mol. The van der Waals surface area contributed by atoms with Crippen molar-refractivity contribution >= 4 is 31.8 Å². The van der Waals surface area contributed by atoms with Crippen LogP contribution in [0.25, 0.3) is 22.2 Å². The number of hydrogen-bond donors (Lipinski definition) is 2. The standard InChI is InChI=1S/C18H23BN6O.C6H16OSi/c1-19(26)24(2)14-4-3-7-25(11-14)16-5-6-22-18-17(16)15(10-23-18)13-8-20-12-21-9-13;1-7-5-6-8(2,3)4/h5-6,8-10,12,14,26H,3-4,7,11H2,1-2H3,(H,22,23);5-6H2,1-4H3/t14-;/m1./s1. The number of aromatic amines is 1. The number of piperidine rings is 1. The molecule has 2 N–H and O–H groups in total. The molecule has 3 aromatic rings. The van der Waals surface area contributed by atoms with E-state index in [1.807, 2.05) is 43.5 Å². The van der Waals surface area contributed by atoms with Gasteiger partial charge in [0.05, 0.1) is 5.39 Å². The fourth-order valence-corrected chi connectivity index (χ4v) is 5.00. The molecular weight excluding hydrogens is 443 g/mol. The number of fused-ring (bicyclic) bond motifs is 1. The van der Waals surface area contributed by atoms with Gasteiger partial charge in [-0.15, -0.1) is 0 Å².